The number of anilines is 2. The second-order valence-electron chi connectivity index (χ2n) is 5.42. The van der Waals surface area contributed by atoms with Crippen LogP contribution >= 0.6 is 0 Å². The Balaban J connectivity index is 2.11. The van der Waals surface area contributed by atoms with Crippen LogP contribution in [0, 0.1) is 5.92 Å². The quantitative estimate of drug-likeness (QED) is 0.475. The first-order valence-electron chi connectivity index (χ1n) is 6.87. The standard InChI is InChI=1S/C13H23N5O/c1-8(2)11-12(16-7-17-13(11)18-14)15-6-9-4-3-5-10(9)19/h7-10,19H,3-6,14H2,1-2H3,(H2,15,16,17,18). The predicted octanol–water partition coefficient (Wildman–Crippen LogP) is 1.46. The number of nitrogens with two attached hydrogens (primary N) is 1. The van der Waals surface area contributed by atoms with Crippen LogP contribution in [0.3, 0.4) is 0 Å². The van der Waals surface area contributed by atoms with Crippen LogP contribution in [0.15, 0.2) is 6.33 Å². The van der Waals surface area contributed by atoms with E-state index < -0.39 is 0 Å². The molecule has 1 heterocycles. The average Bonchev–Trinajstić information content (AvgIpc) is 2.81. The highest BCUT2D eigenvalue weighted by Gasteiger charge is 2.25. The van der Waals surface area contributed by atoms with Crippen LogP contribution in [-0.2, 0) is 0 Å². The van der Waals surface area contributed by atoms with Crippen molar-refractivity contribution in [2.75, 3.05) is 17.3 Å². The third kappa shape index (κ3) is 3.13. The molecule has 1 saturated carbocycles. The molecule has 6 nitrogen and oxygen atoms in total. The highest BCUT2D eigenvalue weighted by molar-refractivity contribution is 5.58. The number of hydrogen-bond acceptors (Lipinski definition) is 6. The molecular formula is C13H23N5O. The summed E-state index contributed by atoms with van der Waals surface area (Å²) in [6.07, 6.45) is 4.38. The molecule has 1 aromatic rings. The van der Waals surface area contributed by atoms with Crippen LogP contribution in [0.4, 0.5) is 11.6 Å². The molecule has 19 heavy (non-hydrogen) atoms. The van der Waals surface area contributed by atoms with Crippen LogP contribution in [-0.4, -0.2) is 27.7 Å². The van der Waals surface area contributed by atoms with Gasteiger partial charge >= 0.3 is 0 Å². The topological polar surface area (TPSA) is 96.1 Å². The second-order valence-corrected chi connectivity index (χ2v) is 5.42. The van der Waals surface area contributed by atoms with Gasteiger partial charge in [-0.05, 0) is 18.8 Å². The molecule has 1 fully saturated rings. The van der Waals surface area contributed by atoms with Crippen LogP contribution in [0.1, 0.15) is 44.6 Å². The van der Waals surface area contributed by atoms with Crippen LogP contribution in [0.2, 0.25) is 0 Å². The molecule has 0 amide bonds. The lowest BCUT2D eigenvalue weighted by Gasteiger charge is -2.19. The fourth-order valence-electron chi connectivity index (χ4n) is 2.68. The molecule has 0 radical (unpaired) electrons. The summed E-state index contributed by atoms with van der Waals surface area (Å²) in [5.74, 6) is 7.52. The molecule has 1 aliphatic rings. The largest absolute Gasteiger partial charge is 0.393 e. The van der Waals surface area contributed by atoms with Crippen molar-refractivity contribution in [3.63, 3.8) is 0 Å². The Kier molecular flexibility index (Phi) is 4.55. The third-order valence-electron chi connectivity index (χ3n) is 3.75. The van der Waals surface area contributed by atoms with E-state index in [4.69, 9.17) is 5.84 Å². The second kappa shape index (κ2) is 6.16. The maximum atomic E-state index is 9.84. The number of aromatic nitrogens is 2. The zero-order chi connectivity index (χ0) is 13.8. The van der Waals surface area contributed by atoms with Crippen LogP contribution in [0.25, 0.3) is 0 Å². The zero-order valence-corrected chi connectivity index (χ0v) is 11.6. The van der Waals surface area contributed by atoms with Crippen molar-refractivity contribution in [2.45, 2.75) is 45.1 Å². The molecule has 0 aromatic carbocycles. The van der Waals surface area contributed by atoms with E-state index in [1.807, 2.05) is 0 Å². The molecule has 2 unspecified atom stereocenters. The van der Waals surface area contributed by atoms with Crippen molar-refractivity contribution in [1.82, 2.24) is 9.97 Å². The van der Waals surface area contributed by atoms with Gasteiger partial charge in [0.2, 0.25) is 0 Å². The fourth-order valence-corrected chi connectivity index (χ4v) is 2.68. The van der Waals surface area contributed by atoms with Gasteiger partial charge in [0.15, 0.2) is 0 Å². The van der Waals surface area contributed by atoms with Gasteiger partial charge in [0.05, 0.1) is 6.10 Å². The fraction of sp³-hybridized carbons (Fsp3) is 0.692. The summed E-state index contributed by atoms with van der Waals surface area (Å²) in [5, 5.41) is 13.2. The van der Waals surface area contributed by atoms with Crippen molar-refractivity contribution in [3.05, 3.63) is 11.9 Å². The van der Waals surface area contributed by atoms with Gasteiger partial charge < -0.3 is 15.8 Å². The molecule has 1 aliphatic carbocycles. The summed E-state index contributed by atoms with van der Waals surface area (Å²) >= 11 is 0. The molecular weight excluding hydrogens is 242 g/mol. The van der Waals surface area contributed by atoms with Gasteiger partial charge in [0, 0.05) is 18.0 Å². The van der Waals surface area contributed by atoms with Gasteiger partial charge in [-0.15, -0.1) is 0 Å². The minimum absolute atomic E-state index is 0.191. The highest BCUT2D eigenvalue weighted by atomic mass is 16.3. The zero-order valence-electron chi connectivity index (χ0n) is 11.6. The number of nitrogen functional groups attached to an aromatic ring is 1. The minimum atomic E-state index is -0.191. The summed E-state index contributed by atoms with van der Waals surface area (Å²) in [7, 11) is 0. The molecule has 1 aromatic heterocycles. The maximum Gasteiger partial charge on any atom is 0.148 e. The van der Waals surface area contributed by atoms with Crippen molar-refractivity contribution in [1.29, 1.82) is 0 Å². The molecule has 0 aliphatic heterocycles. The van der Waals surface area contributed by atoms with E-state index >= 15 is 0 Å². The normalized spacial score (nSPS) is 22.8. The van der Waals surface area contributed by atoms with Crippen molar-refractivity contribution < 1.29 is 5.11 Å². The van der Waals surface area contributed by atoms with Crippen molar-refractivity contribution in [3.8, 4) is 0 Å². The Morgan fingerprint density at radius 1 is 1.37 bits per heavy atom. The van der Waals surface area contributed by atoms with E-state index in [1.165, 1.54) is 6.33 Å². The smallest absolute Gasteiger partial charge is 0.148 e. The molecule has 0 spiro atoms. The number of hydrogen-bond donors (Lipinski definition) is 4. The van der Waals surface area contributed by atoms with E-state index in [-0.39, 0.29) is 12.0 Å². The first-order chi connectivity index (χ1) is 9.13. The summed E-state index contributed by atoms with van der Waals surface area (Å²) in [6.45, 7) is 4.90. The SMILES string of the molecule is CC(C)c1c(NN)ncnc1NCC1CCCC1O. The molecule has 106 valence electrons. The third-order valence-corrected chi connectivity index (χ3v) is 3.75. The Hall–Kier alpha value is -1.40. The van der Waals surface area contributed by atoms with Gasteiger partial charge in [0.25, 0.3) is 0 Å². The van der Waals surface area contributed by atoms with E-state index in [2.05, 4.69) is 34.6 Å². The number of aliphatic hydroxyl groups excluding tert-OH is 1. The van der Waals surface area contributed by atoms with E-state index in [1.54, 1.807) is 0 Å². The molecule has 0 saturated heterocycles. The molecule has 2 atom stereocenters. The first-order valence-corrected chi connectivity index (χ1v) is 6.87. The lowest BCUT2D eigenvalue weighted by molar-refractivity contribution is 0.138. The Morgan fingerprint density at radius 3 is 2.68 bits per heavy atom. The highest BCUT2D eigenvalue weighted by Crippen LogP contribution is 2.30. The number of aliphatic hydroxyl groups is 1. The molecule has 6 heteroatoms. The number of nitrogens with zero attached hydrogens (tertiary/aromatic N) is 2. The monoisotopic (exact) mass is 265 g/mol. The lowest BCUT2D eigenvalue weighted by Crippen LogP contribution is -2.23. The molecule has 2 rings (SSSR count). The summed E-state index contributed by atoms with van der Waals surface area (Å²) < 4.78 is 0. The van der Waals surface area contributed by atoms with Crippen LogP contribution in [0.5, 0.6) is 0 Å². The average molecular weight is 265 g/mol. The Labute approximate surface area is 113 Å². The molecule has 5 N–H and O–H groups in total. The van der Waals surface area contributed by atoms with Gasteiger partial charge in [-0.2, -0.15) is 0 Å². The van der Waals surface area contributed by atoms with Gasteiger partial charge in [-0.25, -0.2) is 15.8 Å². The maximum absolute atomic E-state index is 9.84. The summed E-state index contributed by atoms with van der Waals surface area (Å²) in [6, 6.07) is 0. The Morgan fingerprint density at radius 2 is 2.11 bits per heavy atom. The van der Waals surface area contributed by atoms with E-state index in [9.17, 15) is 5.11 Å². The predicted molar refractivity (Wildman–Crippen MR) is 75.8 cm³/mol. The number of hydrazine groups is 1. The summed E-state index contributed by atoms with van der Waals surface area (Å²) in [4.78, 5) is 8.43. The van der Waals surface area contributed by atoms with E-state index in [0.717, 1.165) is 37.2 Å². The summed E-state index contributed by atoms with van der Waals surface area (Å²) in [5.41, 5.74) is 3.60. The lowest BCUT2D eigenvalue weighted by atomic mass is 10.0. The van der Waals surface area contributed by atoms with Crippen molar-refractivity contribution >= 4 is 11.6 Å². The minimum Gasteiger partial charge on any atom is -0.393 e. The van der Waals surface area contributed by atoms with Gasteiger partial charge in [-0.1, -0.05) is 20.3 Å². The van der Waals surface area contributed by atoms with Crippen LogP contribution < -0.4 is 16.6 Å². The van der Waals surface area contributed by atoms with E-state index in [0.29, 0.717) is 11.7 Å². The number of nitrogens with one attached hydrogen (secondary N) is 2. The number of rotatable bonds is 5. The Bertz CT molecular complexity index is 423. The van der Waals surface area contributed by atoms with Gasteiger partial charge in [-0.3, -0.25) is 0 Å². The molecule has 0 bridgehead atoms. The van der Waals surface area contributed by atoms with Gasteiger partial charge in [0.1, 0.15) is 18.0 Å². The first kappa shape index (κ1) is 14.0. The van der Waals surface area contributed by atoms with Crippen molar-refractivity contribution in [2.24, 2.45) is 11.8 Å².